The molecular weight excluding hydrogens is 400 g/mol. The fourth-order valence-electron chi connectivity index (χ4n) is 4.89. The number of nitrogens with zero attached hydrogens (tertiary/aromatic N) is 4. The SMILES string of the molecule is Cc1cccc(N2CC(c3nc4ccccc4n3CC(=O)N(C(C)C)C(C)C)CC2=O)c1. The second-order valence-electron chi connectivity index (χ2n) is 9.28. The Bertz CT molecular complexity index is 1140. The molecule has 0 saturated carbocycles. The molecule has 1 atom stereocenters. The number of hydrogen-bond acceptors (Lipinski definition) is 3. The molecule has 0 bridgehead atoms. The number of aromatic nitrogens is 2. The second-order valence-corrected chi connectivity index (χ2v) is 9.28. The zero-order chi connectivity index (χ0) is 23.0. The van der Waals surface area contributed by atoms with Crippen molar-refractivity contribution in [2.24, 2.45) is 0 Å². The average molecular weight is 433 g/mol. The van der Waals surface area contributed by atoms with Crippen LogP contribution in [0.25, 0.3) is 11.0 Å². The van der Waals surface area contributed by atoms with Gasteiger partial charge >= 0.3 is 0 Å². The van der Waals surface area contributed by atoms with Gasteiger partial charge in [0.1, 0.15) is 12.4 Å². The van der Waals surface area contributed by atoms with E-state index in [1.165, 1.54) is 0 Å². The molecule has 1 aliphatic heterocycles. The van der Waals surface area contributed by atoms with Crippen LogP contribution in [0.1, 0.15) is 51.4 Å². The lowest BCUT2D eigenvalue weighted by atomic mass is 10.1. The van der Waals surface area contributed by atoms with Crippen molar-refractivity contribution >= 4 is 28.5 Å². The van der Waals surface area contributed by atoms with E-state index in [9.17, 15) is 9.59 Å². The van der Waals surface area contributed by atoms with Gasteiger partial charge < -0.3 is 14.4 Å². The standard InChI is InChI=1S/C26H32N4O2/c1-17(2)30(18(3)4)25(32)16-29-23-12-7-6-11-22(23)27-26(29)20-14-24(31)28(15-20)21-10-8-9-19(5)13-21/h6-13,17-18,20H,14-16H2,1-5H3. The van der Waals surface area contributed by atoms with E-state index in [2.05, 4.69) is 0 Å². The molecule has 1 aromatic heterocycles. The fourth-order valence-corrected chi connectivity index (χ4v) is 4.89. The number of amides is 2. The largest absolute Gasteiger partial charge is 0.336 e. The highest BCUT2D eigenvalue weighted by Gasteiger charge is 2.35. The lowest BCUT2D eigenvalue weighted by Crippen LogP contribution is -2.44. The van der Waals surface area contributed by atoms with E-state index in [1.807, 2.05) is 97.5 Å². The van der Waals surface area contributed by atoms with Crippen LogP contribution in [0.2, 0.25) is 0 Å². The third kappa shape index (κ3) is 4.14. The highest BCUT2D eigenvalue weighted by atomic mass is 16.2. The van der Waals surface area contributed by atoms with Gasteiger partial charge in [0.25, 0.3) is 0 Å². The highest BCUT2D eigenvalue weighted by Crippen LogP contribution is 2.33. The van der Waals surface area contributed by atoms with Gasteiger partial charge in [-0.3, -0.25) is 9.59 Å². The molecule has 1 aliphatic rings. The van der Waals surface area contributed by atoms with E-state index in [1.54, 1.807) is 0 Å². The monoisotopic (exact) mass is 432 g/mol. The Kier molecular flexibility index (Phi) is 6.04. The molecule has 6 heteroatoms. The van der Waals surface area contributed by atoms with Gasteiger partial charge in [-0.15, -0.1) is 0 Å². The molecule has 6 nitrogen and oxygen atoms in total. The van der Waals surface area contributed by atoms with Crippen LogP contribution >= 0.6 is 0 Å². The van der Waals surface area contributed by atoms with Crippen LogP contribution in [0.3, 0.4) is 0 Å². The van der Waals surface area contributed by atoms with Crippen LogP contribution in [-0.2, 0) is 16.1 Å². The number of fused-ring (bicyclic) bond motifs is 1. The number of imidazole rings is 1. The minimum atomic E-state index is -0.0604. The molecule has 0 spiro atoms. The van der Waals surface area contributed by atoms with Crippen LogP contribution in [0.5, 0.6) is 0 Å². The summed E-state index contributed by atoms with van der Waals surface area (Å²) in [5, 5.41) is 0. The summed E-state index contributed by atoms with van der Waals surface area (Å²) in [7, 11) is 0. The molecule has 0 N–H and O–H groups in total. The number of carbonyl (C=O) groups excluding carboxylic acids is 2. The minimum Gasteiger partial charge on any atom is -0.336 e. The zero-order valence-electron chi connectivity index (χ0n) is 19.6. The normalized spacial score (nSPS) is 16.5. The van der Waals surface area contributed by atoms with E-state index in [0.717, 1.165) is 28.1 Å². The zero-order valence-corrected chi connectivity index (χ0v) is 19.6. The summed E-state index contributed by atoms with van der Waals surface area (Å²) < 4.78 is 2.02. The Morgan fingerprint density at radius 2 is 1.81 bits per heavy atom. The van der Waals surface area contributed by atoms with Crippen molar-refractivity contribution in [1.29, 1.82) is 0 Å². The maximum Gasteiger partial charge on any atom is 0.243 e. The molecule has 1 saturated heterocycles. The lowest BCUT2D eigenvalue weighted by molar-refractivity contribution is -0.135. The van der Waals surface area contributed by atoms with Crippen molar-refractivity contribution < 1.29 is 9.59 Å². The van der Waals surface area contributed by atoms with Crippen molar-refractivity contribution in [3.8, 4) is 0 Å². The van der Waals surface area contributed by atoms with Gasteiger partial charge in [-0.2, -0.15) is 0 Å². The first kappa shape index (κ1) is 22.1. The third-order valence-electron chi connectivity index (χ3n) is 6.18. The molecule has 2 heterocycles. The van der Waals surface area contributed by atoms with Crippen LogP contribution in [0.4, 0.5) is 5.69 Å². The summed E-state index contributed by atoms with van der Waals surface area (Å²) in [5.41, 5.74) is 3.84. The molecule has 2 amide bonds. The minimum absolute atomic E-state index is 0.0604. The average Bonchev–Trinajstić information content (AvgIpc) is 3.28. The van der Waals surface area contributed by atoms with E-state index in [0.29, 0.717) is 13.0 Å². The smallest absolute Gasteiger partial charge is 0.243 e. The second kappa shape index (κ2) is 8.77. The maximum atomic E-state index is 13.3. The number of benzene rings is 2. The molecule has 0 radical (unpaired) electrons. The topological polar surface area (TPSA) is 58.4 Å². The van der Waals surface area contributed by atoms with Crippen molar-refractivity contribution in [2.75, 3.05) is 11.4 Å². The van der Waals surface area contributed by atoms with E-state index < -0.39 is 0 Å². The van der Waals surface area contributed by atoms with Crippen LogP contribution in [0, 0.1) is 6.92 Å². The van der Waals surface area contributed by atoms with Gasteiger partial charge in [-0.1, -0.05) is 24.3 Å². The first-order valence-electron chi connectivity index (χ1n) is 11.4. The summed E-state index contributed by atoms with van der Waals surface area (Å²) in [6, 6.07) is 16.2. The maximum absolute atomic E-state index is 13.3. The first-order chi connectivity index (χ1) is 15.3. The van der Waals surface area contributed by atoms with E-state index in [-0.39, 0.29) is 36.4 Å². The van der Waals surface area contributed by atoms with Gasteiger partial charge in [-0.25, -0.2) is 4.98 Å². The number of rotatable bonds is 6. The van der Waals surface area contributed by atoms with Crippen molar-refractivity contribution in [1.82, 2.24) is 14.5 Å². The van der Waals surface area contributed by atoms with Crippen LogP contribution in [-0.4, -0.2) is 44.9 Å². The molecule has 3 aromatic rings. The predicted octanol–water partition coefficient (Wildman–Crippen LogP) is 4.51. The molecule has 32 heavy (non-hydrogen) atoms. The fraction of sp³-hybridized carbons (Fsp3) is 0.423. The van der Waals surface area contributed by atoms with Crippen molar-refractivity contribution in [3.05, 3.63) is 59.9 Å². The molecule has 168 valence electrons. The van der Waals surface area contributed by atoms with Gasteiger partial charge in [0.15, 0.2) is 0 Å². The van der Waals surface area contributed by atoms with Crippen LogP contribution < -0.4 is 4.90 Å². The number of anilines is 1. The van der Waals surface area contributed by atoms with Crippen LogP contribution in [0.15, 0.2) is 48.5 Å². The Balaban J connectivity index is 1.69. The highest BCUT2D eigenvalue weighted by molar-refractivity contribution is 5.96. The lowest BCUT2D eigenvalue weighted by Gasteiger charge is -2.31. The Labute approximate surface area is 189 Å². The Hall–Kier alpha value is -3.15. The summed E-state index contributed by atoms with van der Waals surface area (Å²) in [6.07, 6.45) is 0.392. The molecule has 4 rings (SSSR count). The quantitative estimate of drug-likeness (QED) is 0.576. The summed E-state index contributed by atoms with van der Waals surface area (Å²) >= 11 is 0. The Morgan fingerprint density at radius 3 is 2.50 bits per heavy atom. The predicted molar refractivity (Wildman–Crippen MR) is 128 cm³/mol. The van der Waals surface area contributed by atoms with E-state index >= 15 is 0 Å². The van der Waals surface area contributed by atoms with Gasteiger partial charge in [-0.05, 0) is 64.4 Å². The van der Waals surface area contributed by atoms with E-state index in [4.69, 9.17) is 4.98 Å². The van der Waals surface area contributed by atoms with Gasteiger partial charge in [0, 0.05) is 36.7 Å². The molecule has 1 unspecified atom stereocenters. The first-order valence-corrected chi connectivity index (χ1v) is 11.4. The summed E-state index contributed by atoms with van der Waals surface area (Å²) in [5.74, 6) is 0.918. The summed E-state index contributed by atoms with van der Waals surface area (Å²) in [4.78, 5) is 34.9. The van der Waals surface area contributed by atoms with Gasteiger partial charge in [0.2, 0.25) is 11.8 Å². The summed E-state index contributed by atoms with van der Waals surface area (Å²) in [6.45, 7) is 11.0. The molecule has 2 aromatic carbocycles. The third-order valence-corrected chi connectivity index (χ3v) is 6.18. The Morgan fingerprint density at radius 1 is 1.09 bits per heavy atom. The number of carbonyl (C=O) groups is 2. The van der Waals surface area contributed by atoms with Crippen molar-refractivity contribution in [3.63, 3.8) is 0 Å². The number of hydrogen-bond donors (Lipinski definition) is 0. The van der Waals surface area contributed by atoms with Crippen molar-refractivity contribution in [2.45, 2.75) is 65.6 Å². The molecule has 1 fully saturated rings. The number of aryl methyl sites for hydroxylation is 1. The number of para-hydroxylation sites is 2. The molecule has 0 aliphatic carbocycles. The van der Waals surface area contributed by atoms with Gasteiger partial charge in [0.05, 0.1) is 11.0 Å². The molecular formula is C26H32N4O2.